The Kier molecular flexibility index (Phi) is 4.31. The van der Waals surface area contributed by atoms with Crippen LogP contribution in [0.5, 0.6) is 5.75 Å². The first kappa shape index (κ1) is 16.3. The zero-order valence-electron chi connectivity index (χ0n) is 14.7. The molecule has 2 aliphatic rings. The van der Waals surface area contributed by atoms with E-state index in [2.05, 4.69) is 21.8 Å². The van der Waals surface area contributed by atoms with Crippen molar-refractivity contribution in [3.05, 3.63) is 36.0 Å². The van der Waals surface area contributed by atoms with Crippen molar-refractivity contribution in [3.63, 3.8) is 0 Å². The number of aromatic nitrogens is 2. The Bertz CT molecular complexity index is 767. The number of fused-ring (bicyclic) bond motifs is 3. The second-order valence-corrected chi connectivity index (χ2v) is 7.11. The normalized spacial score (nSPS) is 24.2. The summed E-state index contributed by atoms with van der Waals surface area (Å²) in [5.74, 6) is 2.19. The van der Waals surface area contributed by atoms with E-state index in [0.29, 0.717) is 23.3 Å². The first-order chi connectivity index (χ1) is 12.1. The molecule has 0 saturated carbocycles. The van der Waals surface area contributed by atoms with Crippen LogP contribution in [0.25, 0.3) is 11.4 Å². The van der Waals surface area contributed by atoms with Crippen LogP contribution in [0.2, 0.25) is 0 Å². The van der Waals surface area contributed by atoms with Gasteiger partial charge in [0.2, 0.25) is 0 Å². The summed E-state index contributed by atoms with van der Waals surface area (Å²) in [4.78, 5) is 14.1. The van der Waals surface area contributed by atoms with Crippen molar-refractivity contribution in [2.75, 3.05) is 44.8 Å². The molecule has 2 saturated heterocycles. The third kappa shape index (κ3) is 3.32. The van der Waals surface area contributed by atoms with E-state index in [4.69, 9.17) is 9.72 Å². The number of hydrogen-bond donors (Lipinski definition) is 1. The molecule has 0 spiro atoms. The average Bonchev–Trinajstić information content (AvgIpc) is 2.83. The van der Waals surface area contributed by atoms with Crippen molar-refractivity contribution in [2.24, 2.45) is 5.92 Å². The molecule has 0 aliphatic carbocycles. The van der Waals surface area contributed by atoms with E-state index in [-0.39, 0.29) is 5.75 Å². The van der Waals surface area contributed by atoms with Gasteiger partial charge < -0.3 is 14.7 Å². The Morgan fingerprint density at radius 2 is 1.96 bits per heavy atom. The Morgan fingerprint density at radius 3 is 2.80 bits per heavy atom. The minimum atomic E-state index is 0.208. The van der Waals surface area contributed by atoms with Crippen LogP contribution in [0.4, 0.5) is 5.82 Å². The predicted molar refractivity (Wildman–Crippen MR) is 96.8 cm³/mol. The molecule has 2 atom stereocenters. The lowest BCUT2D eigenvalue weighted by molar-refractivity contribution is 0.0930. The minimum absolute atomic E-state index is 0.208. The molecule has 2 fully saturated rings. The van der Waals surface area contributed by atoms with E-state index < -0.39 is 0 Å². The number of anilines is 1. The topological polar surface area (TPSA) is 61.7 Å². The smallest absolute Gasteiger partial charge is 0.165 e. The molecule has 0 amide bonds. The van der Waals surface area contributed by atoms with Gasteiger partial charge in [0.05, 0.1) is 24.8 Å². The molecule has 0 radical (unpaired) electrons. The molecule has 1 aromatic heterocycles. The molecule has 4 rings (SSSR count). The number of aromatic hydroxyl groups is 1. The third-order valence-electron chi connectivity index (χ3n) is 5.05. The van der Waals surface area contributed by atoms with Gasteiger partial charge in [-0.3, -0.25) is 4.90 Å². The molecule has 6 nitrogen and oxygen atoms in total. The third-order valence-corrected chi connectivity index (χ3v) is 5.05. The summed E-state index contributed by atoms with van der Waals surface area (Å²) in [5, 5.41) is 10.2. The highest BCUT2D eigenvalue weighted by molar-refractivity contribution is 5.65. The fourth-order valence-electron chi connectivity index (χ4n) is 3.73. The van der Waals surface area contributed by atoms with Crippen molar-refractivity contribution in [1.29, 1.82) is 0 Å². The van der Waals surface area contributed by atoms with Crippen LogP contribution >= 0.6 is 0 Å². The van der Waals surface area contributed by atoms with Gasteiger partial charge in [0.25, 0.3) is 0 Å². The lowest BCUT2D eigenvalue weighted by atomic mass is 10.1. The molecule has 2 bridgehead atoms. The standard InChI is InChI=1S/C19H24N4O2/c1-13-7-18(21-19(20-13)16-5-3-4-6-17(16)24)23-9-14-8-22(2)15(10-23)12-25-11-14/h3-7,14-15,24H,8-12H2,1-2H3/t14-,15+/m1/s1. The van der Waals surface area contributed by atoms with E-state index in [9.17, 15) is 5.11 Å². The first-order valence-corrected chi connectivity index (χ1v) is 8.77. The fraction of sp³-hybridized carbons (Fsp3) is 0.474. The molecule has 3 heterocycles. The molecule has 6 heteroatoms. The lowest BCUT2D eigenvalue weighted by Gasteiger charge is -2.30. The lowest BCUT2D eigenvalue weighted by Crippen LogP contribution is -2.42. The fourth-order valence-corrected chi connectivity index (χ4v) is 3.73. The van der Waals surface area contributed by atoms with Gasteiger partial charge in [-0.2, -0.15) is 0 Å². The number of aryl methyl sites for hydroxylation is 1. The Morgan fingerprint density at radius 1 is 1.12 bits per heavy atom. The van der Waals surface area contributed by atoms with Gasteiger partial charge in [-0.15, -0.1) is 0 Å². The summed E-state index contributed by atoms with van der Waals surface area (Å²) >= 11 is 0. The highest BCUT2D eigenvalue weighted by Crippen LogP contribution is 2.29. The van der Waals surface area contributed by atoms with Crippen LogP contribution in [0.3, 0.4) is 0 Å². The minimum Gasteiger partial charge on any atom is -0.507 e. The van der Waals surface area contributed by atoms with Crippen molar-refractivity contribution in [3.8, 4) is 17.1 Å². The van der Waals surface area contributed by atoms with Crippen LogP contribution in [0, 0.1) is 12.8 Å². The largest absolute Gasteiger partial charge is 0.507 e. The Labute approximate surface area is 148 Å². The van der Waals surface area contributed by atoms with Gasteiger partial charge in [0.1, 0.15) is 11.6 Å². The maximum atomic E-state index is 10.2. The molecule has 0 unspecified atom stereocenters. The van der Waals surface area contributed by atoms with Crippen molar-refractivity contribution < 1.29 is 9.84 Å². The van der Waals surface area contributed by atoms with Gasteiger partial charge in [-0.25, -0.2) is 9.97 Å². The first-order valence-electron chi connectivity index (χ1n) is 8.77. The molecule has 2 aliphatic heterocycles. The number of phenols is 1. The van der Waals surface area contributed by atoms with E-state index in [1.54, 1.807) is 12.1 Å². The Balaban J connectivity index is 1.70. The number of nitrogens with zero attached hydrogens (tertiary/aromatic N) is 4. The summed E-state index contributed by atoms with van der Waals surface area (Å²) in [6.07, 6.45) is 0. The number of benzene rings is 1. The molecule has 2 aromatic rings. The number of phenolic OH excluding ortho intramolecular Hbond substituents is 1. The Hall–Kier alpha value is -2.18. The number of ether oxygens (including phenoxy) is 1. The number of likely N-dealkylation sites (N-methyl/N-ethyl adjacent to an activating group) is 1. The highest BCUT2D eigenvalue weighted by Gasteiger charge is 2.32. The van der Waals surface area contributed by atoms with Gasteiger partial charge >= 0.3 is 0 Å². The molecule has 25 heavy (non-hydrogen) atoms. The molecular weight excluding hydrogens is 316 g/mol. The zero-order valence-corrected chi connectivity index (χ0v) is 14.7. The van der Waals surface area contributed by atoms with E-state index in [1.807, 2.05) is 25.1 Å². The van der Waals surface area contributed by atoms with Crippen LogP contribution in [0.15, 0.2) is 30.3 Å². The SMILES string of the molecule is Cc1cc(N2C[C@@H]3COC[C@H](C2)N(C)C3)nc(-c2ccccc2O)n1. The maximum absolute atomic E-state index is 10.2. The monoisotopic (exact) mass is 340 g/mol. The summed E-state index contributed by atoms with van der Waals surface area (Å²) in [6.45, 7) is 6.41. The molecule has 1 aromatic carbocycles. The van der Waals surface area contributed by atoms with Gasteiger partial charge in [-0.1, -0.05) is 12.1 Å². The average molecular weight is 340 g/mol. The van der Waals surface area contributed by atoms with Crippen LogP contribution in [-0.4, -0.2) is 65.9 Å². The zero-order chi connectivity index (χ0) is 17.4. The van der Waals surface area contributed by atoms with Gasteiger partial charge in [-0.05, 0) is 26.1 Å². The molecule has 1 N–H and O–H groups in total. The second kappa shape index (κ2) is 6.61. The maximum Gasteiger partial charge on any atom is 0.165 e. The van der Waals surface area contributed by atoms with E-state index in [1.165, 1.54) is 0 Å². The summed E-state index contributed by atoms with van der Waals surface area (Å²) in [7, 11) is 2.18. The predicted octanol–water partition coefficient (Wildman–Crippen LogP) is 1.92. The number of rotatable bonds is 2. The van der Waals surface area contributed by atoms with Crippen molar-refractivity contribution >= 4 is 5.82 Å². The highest BCUT2D eigenvalue weighted by atomic mass is 16.5. The van der Waals surface area contributed by atoms with Crippen LogP contribution in [-0.2, 0) is 4.74 Å². The number of para-hydroxylation sites is 1. The quantitative estimate of drug-likeness (QED) is 0.901. The number of hydrogen-bond acceptors (Lipinski definition) is 6. The second-order valence-electron chi connectivity index (χ2n) is 7.11. The summed E-state index contributed by atoms with van der Waals surface area (Å²) < 4.78 is 5.81. The molecule has 132 valence electrons. The summed E-state index contributed by atoms with van der Waals surface area (Å²) in [5.41, 5.74) is 1.57. The van der Waals surface area contributed by atoms with Crippen molar-refractivity contribution in [2.45, 2.75) is 13.0 Å². The van der Waals surface area contributed by atoms with Gasteiger partial charge in [0, 0.05) is 37.3 Å². The van der Waals surface area contributed by atoms with Gasteiger partial charge in [0.15, 0.2) is 5.82 Å². The van der Waals surface area contributed by atoms with Crippen LogP contribution < -0.4 is 4.90 Å². The van der Waals surface area contributed by atoms with E-state index >= 15 is 0 Å². The van der Waals surface area contributed by atoms with Crippen LogP contribution in [0.1, 0.15) is 5.69 Å². The molecular formula is C19H24N4O2. The van der Waals surface area contributed by atoms with E-state index in [0.717, 1.165) is 44.4 Å². The summed E-state index contributed by atoms with van der Waals surface area (Å²) in [6, 6.07) is 9.63. The van der Waals surface area contributed by atoms with Crippen molar-refractivity contribution in [1.82, 2.24) is 14.9 Å².